The summed E-state index contributed by atoms with van der Waals surface area (Å²) in [7, 11) is 0. The molecule has 0 aliphatic carbocycles. The first kappa shape index (κ1) is 16.1. The first-order valence-corrected chi connectivity index (χ1v) is 7.29. The van der Waals surface area contributed by atoms with Gasteiger partial charge in [-0.15, -0.1) is 0 Å². The van der Waals surface area contributed by atoms with Gasteiger partial charge in [0.1, 0.15) is 11.6 Å². The molecule has 9 heteroatoms. The number of anilines is 3. The molecule has 0 saturated carbocycles. The van der Waals surface area contributed by atoms with E-state index in [0.717, 1.165) is 18.2 Å². The molecule has 0 atom stereocenters. The van der Waals surface area contributed by atoms with Crippen LogP contribution < -0.4 is 15.5 Å². The van der Waals surface area contributed by atoms with Crippen LogP contribution in [-0.2, 0) is 4.74 Å². The van der Waals surface area contributed by atoms with Crippen LogP contribution in [0.5, 0.6) is 0 Å². The standard InChI is InChI=1S/C15H15F2N5O2/c16-10-5-11(17)7-12(6-10)20-15(23)21-13-8-18-14(19-9-13)22-1-3-24-4-2-22/h5-9H,1-4H2,(H2,20,21,23). The van der Waals surface area contributed by atoms with Gasteiger partial charge in [0.15, 0.2) is 0 Å². The molecule has 1 saturated heterocycles. The average molecular weight is 335 g/mol. The molecule has 2 heterocycles. The Bertz CT molecular complexity index is 700. The van der Waals surface area contributed by atoms with Gasteiger partial charge in [0.05, 0.1) is 31.3 Å². The molecule has 0 bridgehead atoms. The molecule has 0 unspecified atom stereocenters. The van der Waals surface area contributed by atoms with E-state index in [1.165, 1.54) is 12.4 Å². The zero-order chi connectivity index (χ0) is 16.9. The van der Waals surface area contributed by atoms with E-state index in [-0.39, 0.29) is 5.69 Å². The summed E-state index contributed by atoms with van der Waals surface area (Å²) in [5.41, 5.74) is 0.372. The number of urea groups is 1. The fourth-order valence-electron chi connectivity index (χ4n) is 2.23. The second-order valence-electron chi connectivity index (χ2n) is 5.11. The summed E-state index contributed by atoms with van der Waals surface area (Å²) < 4.78 is 31.4. The van der Waals surface area contributed by atoms with Crippen molar-refractivity contribution < 1.29 is 18.3 Å². The predicted octanol–water partition coefficient (Wildman–Crippen LogP) is 2.24. The minimum Gasteiger partial charge on any atom is -0.378 e. The molecule has 1 aliphatic rings. The molecule has 1 aromatic carbocycles. The normalized spacial score (nSPS) is 14.3. The van der Waals surface area contributed by atoms with Crippen LogP contribution in [0.3, 0.4) is 0 Å². The van der Waals surface area contributed by atoms with E-state index in [1.54, 1.807) is 0 Å². The van der Waals surface area contributed by atoms with Gasteiger partial charge in [-0.05, 0) is 12.1 Å². The fourth-order valence-corrected chi connectivity index (χ4v) is 2.23. The van der Waals surface area contributed by atoms with Crippen LogP contribution in [-0.4, -0.2) is 42.3 Å². The highest BCUT2D eigenvalue weighted by atomic mass is 19.1. The molecular formula is C15H15F2N5O2. The number of carbonyl (C=O) groups is 1. The third-order valence-electron chi connectivity index (χ3n) is 3.31. The largest absolute Gasteiger partial charge is 0.378 e. The fraction of sp³-hybridized carbons (Fsp3) is 0.267. The number of rotatable bonds is 3. The molecule has 2 aromatic rings. The quantitative estimate of drug-likeness (QED) is 0.899. The number of aromatic nitrogens is 2. The molecule has 2 N–H and O–H groups in total. The van der Waals surface area contributed by atoms with Gasteiger partial charge in [-0.25, -0.2) is 23.5 Å². The Morgan fingerprint density at radius 2 is 1.58 bits per heavy atom. The Balaban J connectivity index is 1.59. The smallest absolute Gasteiger partial charge is 0.323 e. The molecule has 0 radical (unpaired) electrons. The number of hydrogen-bond donors (Lipinski definition) is 2. The number of morpholine rings is 1. The minimum atomic E-state index is -0.775. The average Bonchev–Trinajstić information content (AvgIpc) is 2.55. The van der Waals surface area contributed by atoms with Gasteiger partial charge >= 0.3 is 6.03 Å². The lowest BCUT2D eigenvalue weighted by Gasteiger charge is -2.26. The number of amides is 2. The molecule has 24 heavy (non-hydrogen) atoms. The number of ether oxygens (including phenoxy) is 1. The van der Waals surface area contributed by atoms with Gasteiger partial charge in [0.25, 0.3) is 0 Å². The predicted molar refractivity (Wildman–Crippen MR) is 84.1 cm³/mol. The lowest BCUT2D eigenvalue weighted by molar-refractivity contribution is 0.122. The third kappa shape index (κ3) is 4.13. The van der Waals surface area contributed by atoms with Crippen LogP contribution in [0.2, 0.25) is 0 Å². The van der Waals surface area contributed by atoms with Crippen LogP contribution in [0, 0.1) is 11.6 Å². The van der Waals surface area contributed by atoms with Crippen LogP contribution >= 0.6 is 0 Å². The van der Waals surface area contributed by atoms with Crippen LogP contribution in [0.4, 0.5) is 30.9 Å². The minimum absolute atomic E-state index is 0.0101. The summed E-state index contributed by atoms with van der Waals surface area (Å²) in [6.07, 6.45) is 2.92. The summed E-state index contributed by atoms with van der Waals surface area (Å²) in [5, 5.41) is 4.83. The van der Waals surface area contributed by atoms with Crippen molar-refractivity contribution in [2.45, 2.75) is 0 Å². The lowest BCUT2D eigenvalue weighted by atomic mass is 10.3. The monoisotopic (exact) mass is 335 g/mol. The van der Waals surface area contributed by atoms with Crippen molar-refractivity contribution in [1.82, 2.24) is 9.97 Å². The van der Waals surface area contributed by atoms with Gasteiger partial charge in [0, 0.05) is 24.8 Å². The molecule has 1 fully saturated rings. The van der Waals surface area contributed by atoms with Crippen LogP contribution in [0.15, 0.2) is 30.6 Å². The number of hydrogen-bond acceptors (Lipinski definition) is 5. The van der Waals surface area contributed by atoms with Crippen molar-refractivity contribution in [3.8, 4) is 0 Å². The molecule has 2 amide bonds. The third-order valence-corrected chi connectivity index (χ3v) is 3.31. The number of nitrogens with zero attached hydrogens (tertiary/aromatic N) is 3. The first-order chi connectivity index (χ1) is 11.6. The Labute approximate surface area is 136 Å². The summed E-state index contributed by atoms with van der Waals surface area (Å²) in [5.74, 6) is -0.997. The Morgan fingerprint density at radius 3 is 2.21 bits per heavy atom. The number of carbonyl (C=O) groups excluding carboxylic acids is 1. The topological polar surface area (TPSA) is 79.4 Å². The van der Waals surface area contributed by atoms with Crippen molar-refractivity contribution in [2.24, 2.45) is 0 Å². The maximum absolute atomic E-state index is 13.1. The second kappa shape index (κ2) is 7.18. The lowest BCUT2D eigenvalue weighted by Crippen LogP contribution is -2.37. The van der Waals surface area contributed by atoms with Crippen molar-refractivity contribution in [3.63, 3.8) is 0 Å². The Morgan fingerprint density at radius 1 is 1.00 bits per heavy atom. The molecule has 3 rings (SSSR count). The maximum atomic E-state index is 13.1. The molecule has 126 valence electrons. The van der Waals surface area contributed by atoms with Crippen LogP contribution in [0.25, 0.3) is 0 Å². The van der Waals surface area contributed by atoms with Gasteiger partial charge in [0.2, 0.25) is 5.95 Å². The highest BCUT2D eigenvalue weighted by Gasteiger charge is 2.13. The molecule has 1 aromatic heterocycles. The summed E-state index contributed by atoms with van der Waals surface area (Å²) in [6.45, 7) is 2.66. The molecule has 1 aliphatic heterocycles. The van der Waals surface area contributed by atoms with E-state index in [4.69, 9.17) is 4.74 Å². The van der Waals surface area contributed by atoms with Gasteiger partial charge in [-0.2, -0.15) is 0 Å². The number of halogens is 2. The first-order valence-electron chi connectivity index (χ1n) is 7.29. The van der Waals surface area contributed by atoms with E-state index in [1.807, 2.05) is 4.90 Å². The Kier molecular flexibility index (Phi) is 4.80. The summed E-state index contributed by atoms with van der Waals surface area (Å²) in [6, 6.07) is 2.10. The zero-order valence-electron chi connectivity index (χ0n) is 12.6. The van der Waals surface area contributed by atoms with E-state index in [0.29, 0.717) is 37.9 Å². The highest BCUT2D eigenvalue weighted by molar-refractivity contribution is 5.99. The van der Waals surface area contributed by atoms with Gasteiger partial charge in [-0.1, -0.05) is 0 Å². The van der Waals surface area contributed by atoms with E-state index in [9.17, 15) is 13.6 Å². The van der Waals surface area contributed by atoms with Gasteiger partial charge in [-0.3, -0.25) is 0 Å². The zero-order valence-corrected chi connectivity index (χ0v) is 12.6. The summed E-state index contributed by atoms with van der Waals surface area (Å²) in [4.78, 5) is 22.2. The van der Waals surface area contributed by atoms with Crippen molar-refractivity contribution in [1.29, 1.82) is 0 Å². The maximum Gasteiger partial charge on any atom is 0.323 e. The second-order valence-corrected chi connectivity index (χ2v) is 5.11. The summed E-state index contributed by atoms with van der Waals surface area (Å²) >= 11 is 0. The van der Waals surface area contributed by atoms with E-state index >= 15 is 0 Å². The van der Waals surface area contributed by atoms with Crippen molar-refractivity contribution in [2.75, 3.05) is 41.8 Å². The van der Waals surface area contributed by atoms with Crippen molar-refractivity contribution in [3.05, 3.63) is 42.2 Å². The molecular weight excluding hydrogens is 320 g/mol. The van der Waals surface area contributed by atoms with Crippen LogP contribution in [0.1, 0.15) is 0 Å². The molecule has 7 nitrogen and oxygen atoms in total. The van der Waals surface area contributed by atoms with Gasteiger partial charge < -0.3 is 20.3 Å². The Hall–Kier alpha value is -2.81. The SMILES string of the molecule is O=C(Nc1cnc(N2CCOCC2)nc1)Nc1cc(F)cc(F)c1. The number of nitrogens with one attached hydrogen (secondary N) is 2. The van der Waals surface area contributed by atoms with E-state index in [2.05, 4.69) is 20.6 Å². The molecule has 0 spiro atoms. The number of benzene rings is 1. The van der Waals surface area contributed by atoms with E-state index < -0.39 is 17.7 Å². The van der Waals surface area contributed by atoms with Crippen molar-refractivity contribution >= 4 is 23.4 Å². The highest BCUT2D eigenvalue weighted by Crippen LogP contribution is 2.14.